The van der Waals surface area contributed by atoms with E-state index in [-0.39, 0.29) is 30.4 Å². The highest BCUT2D eigenvalue weighted by atomic mass is 16.2. The van der Waals surface area contributed by atoms with Crippen molar-refractivity contribution in [3.63, 3.8) is 0 Å². The van der Waals surface area contributed by atoms with Crippen molar-refractivity contribution in [3.8, 4) is 0 Å². The van der Waals surface area contributed by atoms with E-state index in [4.69, 9.17) is 0 Å². The molecule has 2 unspecified atom stereocenters. The highest BCUT2D eigenvalue weighted by Crippen LogP contribution is 2.29. The fraction of sp³-hybridized carbons (Fsp3) is 0.500. The number of piperazine rings is 1. The fourth-order valence-corrected chi connectivity index (χ4v) is 3.18. The molecule has 106 valence electrons. The Bertz CT molecular complexity index is 538. The molecule has 0 N–H and O–H groups in total. The summed E-state index contributed by atoms with van der Waals surface area (Å²) in [6, 6.07) is 7.91. The molecule has 2 aliphatic rings. The van der Waals surface area contributed by atoms with Gasteiger partial charge in [-0.05, 0) is 32.3 Å². The molecular formula is C16H20N2O2. The Morgan fingerprint density at radius 2 is 1.90 bits per heavy atom. The first-order chi connectivity index (χ1) is 9.58. The van der Waals surface area contributed by atoms with Gasteiger partial charge >= 0.3 is 0 Å². The lowest BCUT2D eigenvalue weighted by Gasteiger charge is -2.39. The van der Waals surface area contributed by atoms with Crippen molar-refractivity contribution in [1.29, 1.82) is 0 Å². The molecule has 4 nitrogen and oxygen atoms in total. The first-order valence-corrected chi connectivity index (χ1v) is 7.24. The molecule has 2 atom stereocenters. The van der Waals surface area contributed by atoms with Crippen molar-refractivity contribution in [3.05, 3.63) is 35.4 Å². The number of aryl methyl sites for hydroxylation is 1. The van der Waals surface area contributed by atoms with Crippen LogP contribution in [0.4, 0.5) is 0 Å². The third kappa shape index (κ3) is 2.09. The zero-order valence-electron chi connectivity index (χ0n) is 12.0. The van der Waals surface area contributed by atoms with E-state index in [1.54, 1.807) is 9.80 Å². The minimum atomic E-state index is -0.218. The number of rotatable bonds is 2. The molecule has 0 spiro atoms. The smallest absolute Gasteiger partial charge is 0.246 e. The summed E-state index contributed by atoms with van der Waals surface area (Å²) in [6.07, 6.45) is 1.75. The molecule has 0 bridgehead atoms. The molecule has 20 heavy (non-hydrogen) atoms. The number of benzene rings is 1. The predicted octanol–water partition coefficient (Wildman–Crippen LogP) is 1.89. The number of nitrogens with zero attached hydrogens (tertiary/aromatic N) is 2. The van der Waals surface area contributed by atoms with Crippen LogP contribution in [0.15, 0.2) is 24.3 Å². The van der Waals surface area contributed by atoms with Gasteiger partial charge in [-0.3, -0.25) is 9.59 Å². The maximum absolute atomic E-state index is 12.6. The summed E-state index contributed by atoms with van der Waals surface area (Å²) in [5.74, 6) is 0.196. The molecule has 2 heterocycles. The number of hydrogen-bond donors (Lipinski definition) is 0. The molecule has 0 aromatic heterocycles. The van der Waals surface area contributed by atoms with E-state index in [9.17, 15) is 9.59 Å². The lowest BCUT2D eigenvalue weighted by Crippen LogP contribution is -2.57. The van der Waals surface area contributed by atoms with Crippen molar-refractivity contribution in [2.45, 2.75) is 38.8 Å². The summed E-state index contributed by atoms with van der Waals surface area (Å²) in [6.45, 7) is 4.99. The van der Waals surface area contributed by atoms with Crippen molar-refractivity contribution >= 4 is 11.8 Å². The van der Waals surface area contributed by atoms with Crippen molar-refractivity contribution in [2.24, 2.45) is 0 Å². The van der Waals surface area contributed by atoms with Crippen LogP contribution in [0.1, 0.15) is 36.9 Å². The Morgan fingerprint density at radius 1 is 1.20 bits per heavy atom. The SMILES string of the molecule is Cc1ccc(C(C)N2CC(=O)N3CCCC3C2=O)cc1. The monoisotopic (exact) mass is 272 g/mol. The van der Waals surface area contributed by atoms with Crippen LogP contribution in [-0.4, -0.2) is 40.7 Å². The van der Waals surface area contributed by atoms with E-state index in [1.807, 2.05) is 38.1 Å². The summed E-state index contributed by atoms with van der Waals surface area (Å²) >= 11 is 0. The number of amides is 2. The van der Waals surface area contributed by atoms with Gasteiger partial charge in [0.2, 0.25) is 11.8 Å². The normalized spacial score (nSPS) is 24.0. The van der Waals surface area contributed by atoms with Crippen molar-refractivity contribution in [2.75, 3.05) is 13.1 Å². The molecular weight excluding hydrogens is 252 g/mol. The second kappa shape index (κ2) is 4.93. The van der Waals surface area contributed by atoms with Crippen LogP contribution in [0.3, 0.4) is 0 Å². The van der Waals surface area contributed by atoms with Crippen LogP contribution >= 0.6 is 0 Å². The van der Waals surface area contributed by atoms with Crippen LogP contribution in [0.2, 0.25) is 0 Å². The average Bonchev–Trinajstić information content (AvgIpc) is 2.93. The summed E-state index contributed by atoms with van der Waals surface area (Å²) < 4.78 is 0. The molecule has 0 aliphatic carbocycles. The highest BCUT2D eigenvalue weighted by Gasteiger charge is 2.43. The largest absolute Gasteiger partial charge is 0.329 e. The van der Waals surface area contributed by atoms with Crippen molar-refractivity contribution < 1.29 is 9.59 Å². The molecule has 1 aromatic carbocycles. The lowest BCUT2D eigenvalue weighted by molar-refractivity contribution is -0.155. The highest BCUT2D eigenvalue weighted by molar-refractivity contribution is 5.95. The van der Waals surface area contributed by atoms with Crippen LogP contribution < -0.4 is 0 Å². The van der Waals surface area contributed by atoms with Gasteiger partial charge < -0.3 is 9.80 Å². The Balaban J connectivity index is 1.84. The standard InChI is InChI=1S/C16H20N2O2/c1-11-5-7-13(8-6-11)12(2)18-10-15(19)17-9-3-4-14(17)16(18)20/h5-8,12,14H,3-4,9-10H2,1-2H3. The van der Waals surface area contributed by atoms with Gasteiger partial charge in [0.25, 0.3) is 0 Å². The van der Waals surface area contributed by atoms with Crippen LogP contribution in [0, 0.1) is 6.92 Å². The van der Waals surface area contributed by atoms with E-state index in [2.05, 4.69) is 0 Å². The Morgan fingerprint density at radius 3 is 2.60 bits per heavy atom. The molecule has 0 saturated carbocycles. The van der Waals surface area contributed by atoms with E-state index < -0.39 is 0 Å². The second-order valence-corrected chi connectivity index (χ2v) is 5.80. The van der Waals surface area contributed by atoms with Crippen LogP contribution in [0.25, 0.3) is 0 Å². The molecule has 1 aromatic rings. The first kappa shape index (κ1) is 13.2. The summed E-state index contributed by atoms with van der Waals surface area (Å²) in [5, 5.41) is 0. The van der Waals surface area contributed by atoms with Gasteiger partial charge in [0.15, 0.2) is 0 Å². The summed E-state index contributed by atoms with van der Waals surface area (Å²) in [7, 11) is 0. The first-order valence-electron chi connectivity index (χ1n) is 7.24. The van der Waals surface area contributed by atoms with E-state index in [0.29, 0.717) is 0 Å². The fourth-order valence-electron chi connectivity index (χ4n) is 3.18. The van der Waals surface area contributed by atoms with Crippen LogP contribution in [-0.2, 0) is 9.59 Å². The molecule has 2 fully saturated rings. The molecule has 0 radical (unpaired) electrons. The third-order valence-electron chi connectivity index (χ3n) is 4.47. The zero-order valence-corrected chi connectivity index (χ0v) is 12.0. The zero-order chi connectivity index (χ0) is 14.3. The summed E-state index contributed by atoms with van der Waals surface area (Å²) in [5.41, 5.74) is 2.28. The Hall–Kier alpha value is -1.84. The van der Waals surface area contributed by atoms with Gasteiger partial charge in [-0.25, -0.2) is 0 Å². The number of hydrogen-bond acceptors (Lipinski definition) is 2. The molecule has 2 aliphatic heterocycles. The van der Waals surface area contributed by atoms with Gasteiger partial charge in [-0.1, -0.05) is 29.8 Å². The molecule has 2 saturated heterocycles. The van der Waals surface area contributed by atoms with E-state index in [1.165, 1.54) is 5.56 Å². The van der Waals surface area contributed by atoms with Gasteiger partial charge in [-0.15, -0.1) is 0 Å². The topological polar surface area (TPSA) is 40.6 Å². The number of carbonyl (C=O) groups is 2. The number of carbonyl (C=O) groups excluding carboxylic acids is 2. The minimum Gasteiger partial charge on any atom is -0.329 e. The number of fused-ring (bicyclic) bond motifs is 1. The van der Waals surface area contributed by atoms with E-state index >= 15 is 0 Å². The predicted molar refractivity (Wildman–Crippen MR) is 76.0 cm³/mol. The van der Waals surface area contributed by atoms with E-state index in [0.717, 1.165) is 24.9 Å². The van der Waals surface area contributed by atoms with Gasteiger partial charge in [0.1, 0.15) is 12.6 Å². The maximum Gasteiger partial charge on any atom is 0.246 e. The van der Waals surface area contributed by atoms with Gasteiger partial charge in [-0.2, -0.15) is 0 Å². The van der Waals surface area contributed by atoms with Gasteiger partial charge in [0, 0.05) is 6.54 Å². The molecule has 3 rings (SSSR count). The van der Waals surface area contributed by atoms with Crippen LogP contribution in [0.5, 0.6) is 0 Å². The van der Waals surface area contributed by atoms with Crippen molar-refractivity contribution in [1.82, 2.24) is 9.80 Å². The lowest BCUT2D eigenvalue weighted by atomic mass is 10.0. The quantitative estimate of drug-likeness (QED) is 0.825. The summed E-state index contributed by atoms with van der Waals surface area (Å²) in [4.78, 5) is 28.2. The molecule has 2 amide bonds. The van der Waals surface area contributed by atoms with Gasteiger partial charge in [0.05, 0.1) is 6.04 Å². The maximum atomic E-state index is 12.6. The second-order valence-electron chi connectivity index (χ2n) is 5.80. The average molecular weight is 272 g/mol. The minimum absolute atomic E-state index is 0.0465. The molecule has 4 heteroatoms. The third-order valence-corrected chi connectivity index (χ3v) is 4.47. The Kier molecular flexibility index (Phi) is 3.24. The Labute approximate surface area is 119 Å².